The molecule has 1 rings (SSSR count). The van der Waals surface area contributed by atoms with Crippen molar-refractivity contribution in [1.82, 2.24) is 0 Å². The van der Waals surface area contributed by atoms with Gasteiger partial charge in [0, 0.05) is 24.4 Å². The Kier molecular flexibility index (Phi) is 11.6. The van der Waals surface area contributed by atoms with E-state index in [1.807, 2.05) is 0 Å². The summed E-state index contributed by atoms with van der Waals surface area (Å²) in [5.74, 6) is -1.06. The molecule has 1 aliphatic rings. The van der Waals surface area contributed by atoms with E-state index in [1.54, 1.807) is 0 Å². The van der Waals surface area contributed by atoms with E-state index in [1.165, 1.54) is 13.8 Å². The van der Waals surface area contributed by atoms with Crippen LogP contribution < -0.4 is 0 Å². The lowest BCUT2D eigenvalue weighted by Gasteiger charge is -2.33. The second-order valence-electron chi connectivity index (χ2n) is 4.63. The molecule has 1 saturated carbocycles. The van der Waals surface area contributed by atoms with Crippen LogP contribution in [0.2, 0.25) is 0 Å². The molecule has 0 aliphatic heterocycles. The molecule has 0 amide bonds. The van der Waals surface area contributed by atoms with Crippen molar-refractivity contribution in [2.45, 2.75) is 26.7 Å². The SMILES string of the molecule is C=C(C)C(=O)O.C=C(C)C(=O)O.OCC1CCC1CO. The minimum atomic E-state index is -0.935. The quantitative estimate of drug-likeness (QED) is 0.579. The molecule has 2 atom stereocenters. The Bertz CT molecular complexity index is 286. The molecule has 4 N–H and O–H groups in total. The summed E-state index contributed by atoms with van der Waals surface area (Å²) in [6.45, 7) is 9.71. The lowest BCUT2D eigenvalue weighted by Crippen LogP contribution is -2.31. The van der Waals surface area contributed by atoms with Crippen molar-refractivity contribution in [1.29, 1.82) is 0 Å². The highest BCUT2D eigenvalue weighted by atomic mass is 16.4. The van der Waals surface area contributed by atoms with Crippen molar-refractivity contribution in [3.05, 3.63) is 24.3 Å². The van der Waals surface area contributed by atoms with Crippen molar-refractivity contribution in [3.63, 3.8) is 0 Å². The van der Waals surface area contributed by atoms with Crippen molar-refractivity contribution in [2.75, 3.05) is 13.2 Å². The second kappa shape index (κ2) is 11.2. The number of aliphatic carboxylic acids is 2. The predicted octanol–water partition coefficient (Wildman–Crippen LogP) is 1.29. The zero-order chi connectivity index (χ0) is 16.3. The van der Waals surface area contributed by atoms with Gasteiger partial charge >= 0.3 is 11.9 Å². The maximum atomic E-state index is 9.60. The maximum Gasteiger partial charge on any atom is 0.330 e. The van der Waals surface area contributed by atoms with E-state index in [0.29, 0.717) is 11.8 Å². The number of aliphatic hydroxyl groups is 2. The van der Waals surface area contributed by atoms with Gasteiger partial charge in [0.05, 0.1) is 0 Å². The van der Waals surface area contributed by atoms with E-state index in [2.05, 4.69) is 13.2 Å². The van der Waals surface area contributed by atoms with Crippen molar-refractivity contribution < 1.29 is 30.0 Å². The average Bonchev–Trinajstić information content (AvgIpc) is 2.30. The highest BCUT2D eigenvalue weighted by Gasteiger charge is 2.28. The molecule has 0 saturated heterocycles. The molecule has 0 aromatic heterocycles. The number of carboxylic acids is 2. The molecule has 0 heterocycles. The summed E-state index contributed by atoms with van der Waals surface area (Å²) in [7, 11) is 0. The summed E-state index contributed by atoms with van der Waals surface area (Å²) >= 11 is 0. The fourth-order valence-corrected chi connectivity index (χ4v) is 1.12. The van der Waals surface area contributed by atoms with Gasteiger partial charge in [-0.15, -0.1) is 0 Å². The van der Waals surface area contributed by atoms with Crippen LogP contribution in [0, 0.1) is 11.8 Å². The Morgan fingerprint density at radius 2 is 1.10 bits per heavy atom. The fourth-order valence-electron chi connectivity index (χ4n) is 1.12. The number of hydrogen-bond acceptors (Lipinski definition) is 4. The van der Waals surface area contributed by atoms with Crippen LogP contribution in [0.4, 0.5) is 0 Å². The van der Waals surface area contributed by atoms with Crippen molar-refractivity contribution in [2.24, 2.45) is 11.8 Å². The van der Waals surface area contributed by atoms with Crippen LogP contribution in [0.3, 0.4) is 0 Å². The monoisotopic (exact) mass is 288 g/mol. The lowest BCUT2D eigenvalue weighted by molar-refractivity contribution is -0.133. The molecule has 1 fully saturated rings. The van der Waals surface area contributed by atoms with E-state index in [0.717, 1.165) is 12.8 Å². The van der Waals surface area contributed by atoms with E-state index < -0.39 is 11.9 Å². The zero-order valence-corrected chi connectivity index (χ0v) is 12.0. The molecule has 6 heteroatoms. The Morgan fingerprint density at radius 3 is 1.15 bits per heavy atom. The molecule has 1 aliphatic carbocycles. The van der Waals surface area contributed by atoms with Gasteiger partial charge in [-0.3, -0.25) is 0 Å². The fraction of sp³-hybridized carbons (Fsp3) is 0.571. The summed E-state index contributed by atoms with van der Waals surface area (Å²) in [5, 5.41) is 32.9. The topological polar surface area (TPSA) is 115 Å². The Labute approximate surface area is 119 Å². The van der Waals surface area contributed by atoms with Gasteiger partial charge in [-0.1, -0.05) is 13.2 Å². The van der Waals surface area contributed by atoms with Gasteiger partial charge in [0.15, 0.2) is 0 Å². The first kappa shape index (κ1) is 20.7. The Balaban J connectivity index is 0. The summed E-state index contributed by atoms with van der Waals surface area (Å²) in [5.41, 5.74) is 0.352. The third kappa shape index (κ3) is 10.3. The van der Waals surface area contributed by atoms with Crippen LogP contribution in [-0.2, 0) is 9.59 Å². The van der Waals surface area contributed by atoms with Crippen LogP contribution in [0.15, 0.2) is 24.3 Å². The molecule has 6 nitrogen and oxygen atoms in total. The lowest BCUT2D eigenvalue weighted by atomic mass is 9.75. The van der Waals surface area contributed by atoms with Crippen LogP contribution in [0.1, 0.15) is 26.7 Å². The summed E-state index contributed by atoms with van der Waals surface area (Å²) < 4.78 is 0. The molecule has 0 aromatic rings. The van der Waals surface area contributed by atoms with Gasteiger partial charge in [0.2, 0.25) is 0 Å². The van der Waals surface area contributed by atoms with Gasteiger partial charge in [0.1, 0.15) is 0 Å². The first-order chi connectivity index (χ1) is 9.17. The molecule has 0 bridgehead atoms. The standard InChI is InChI=1S/C6H12O2.2C4H6O2/c7-3-5-1-2-6(5)4-8;2*1-3(2)4(5)6/h5-8H,1-4H2;2*1H2,2H3,(H,5,6). The van der Waals surface area contributed by atoms with E-state index in [9.17, 15) is 9.59 Å². The first-order valence-electron chi connectivity index (χ1n) is 6.16. The van der Waals surface area contributed by atoms with Gasteiger partial charge < -0.3 is 20.4 Å². The van der Waals surface area contributed by atoms with Gasteiger partial charge in [-0.25, -0.2) is 9.59 Å². The van der Waals surface area contributed by atoms with Crippen molar-refractivity contribution in [3.8, 4) is 0 Å². The molecular formula is C14H24O6. The largest absolute Gasteiger partial charge is 0.478 e. The molecule has 116 valence electrons. The van der Waals surface area contributed by atoms with Crippen molar-refractivity contribution >= 4 is 11.9 Å². The van der Waals surface area contributed by atoms with E-state index >= 15 is 0 Å². The minimum absolute atomic E-state index is 0.176. The molecule has 20 heavy (non-hydrogen) atoms. The number of hydrogen-bond donors (Lipinski definition) is 4. The number of aliphatic hydroxyl groups excluding tert-OH is 2. The summed E-state index contributed by atoms with van der Waals surface area (Å²) in [4.78, 5) is 19.2. The molecule has 0 aromatic carbocycles. The Morgan fingerprint density at radius 1 is 0.900 bits per heavy atom. The highest BCUT2D eigenvalue weighted by molar-refractivity contribution is 5.85. The third-order valence-electron chi connectivity index (χ3n) is 2.77. The molecule has 0 radical (unpaired) electrons. The van der Waals surface area contributed by atoms with Crippen LogP contribution >= 0.6 is 0 Å². The zero-order valence-electron chi connectivity index (χ0n) is 12.0. The second-order valence-corrected chi connectivity index (χ2v) is 4.63. The van der Waals surface area contributed by atoms with E-state index in [-0.39, 0.29) is 24.4 Å². The molecule has 0 spiro atoms. The predicted molar refractivity (Wildman–Crippen MR) is 75.3 cm³/mol. The Hall–Kier alpha value is -1.66. The van der Waals surface area contributed by atoms with Gasteiger partial charge in [-0.2, -0.15) is 0 Å². The summed E-state index contributed by atoms with van der Waals surface area (Å²) in [6.07, 6.45) is 2.20. The number of carbonyl (C=O) groups is 2. The van der Waals surface area contributed by atoms with E-state index in [4.69, 9.17) is 20.4 Å². The normalized spacial score (nSPS) is 19.2. The highest BCUT2D eigenvalue weighted by Crippen LogP contribution is 2.32. The molecular weight excluding hydrogens is 264 g/mol. The third-order valence-corrected chi connectivity index (χ3v) is 2.77. The number of rotatable bonds is 4. The smallest absolute Gasteiger partial charge is 0.330 e. The van der Waals surface area contributed by atoms with Crippen LogP contribution in [0.25, 0.3) is 0 Å². The maximum absolute atomic E-state index is 9.60. The summed E-state index contributed by atoms with van der Waals surface area (Å²) in [6, 6.07) is 0. The minimum Gasteiger partial charge on any atom is -0.478 e. The number of carboxylic acid groups (broad SMARTS) is 2. The van der Waals surface area contributed by atoms with Gasteiger partial charge in [-0.05, 0) is 38.5 Å². The van der Waals surface area contributed by atoms with Crippen LogP contribution in [0.5, 0.6) is 0 Å². The van der Waals surface area contributed by atoms with Crippen LogP contribution in [-0.4, -0.2) is 45.6 Å². The van der Waals surface area contributed by atoms with Gasteiger partial charge in [0.25, 0.3) is 0 Å². The first-order valence-corrected chi connectivity index (χ1v) is 6.16. The average molecular weight is 288 g/mol. The molecule has 2 unspecified atom stereocenters.